The van der Waals surface area contributed by atoms with Crippen molar-refractivity contribution in [3.63, 3.8) is 0 Å². The van der Waals surface area contributed by atoms with E-state index in [1.807, 2.05) is 6.07 Å². The number of hydrogen-bond donors (Lipinski definition) is 1. The molecular formula is C16H26FNO. The van der Waals surface area contributed by atoms with E-state index in [4.69, 9.17) is 4.74 Å². The molecule has 0 bridgehead atoms. The van der Waals surface area contributed by atoms with Crippen molar-refractivity contribution in [2.24, 2.45) is 5.92 Å². The highest BCUT2D eigenvalue weighted by Crippen LogP contribution is 2.17. The first-order chi connectivity index (χ1) is 9.13. The molecule has 0 saturated heterocycles. The molecule has 0 saturated carbocycles. The van der Waals surface area contributed by atoms with Crippen LogP contribution in [0.25, 0.3) is 0 Å². The van der Waals surface area contributed by atoms with Crippen LogP contribution in [0.4, 0.5) is 4.39 Å². The Morgan fingerprint density at radius 3 is 2.74 bits per heavy atom. The Kier molecular flexibility index (Phi) is 7.68. The molecule has 0 amide bonds. The third-order valence-corrected chi connectivity index (χ3v) is 2.97. The zero-order valence-corrected chi connectivity index (χ0v) is 12.3. The average Bonchev–Trinajstić information content (AvgIpc) is 2.37. The van der Waals surface area contributed by atoms with Gasteiger partial charge in [-0.2, -0.15) is 0 Å². The first-order valence-electron chi connectivity index (χ1n) is 7.20. The summed E-state index contributed by atoms with van der Waals surface area (Å²) in [4.78, 5) is 0. The van der Waals surface area contributed by atoms with Crippen LogP contribution in [-0.2, 0) is 4.74 Å². The van der Waals surface area contributed by atoms with Crippen molar-refractivity contribution in [3.05, 3.63) is 35.6 Å². The smallest absolute Gasteiger partial charge is 0.123 e. The van der Waals surface area contributed by atoms with Crippen LogP contribution in [0.3, 0.4) is 0 Å². The molecule has 0 aliphatic rings. The summed E-state index contributed by atoms with van der Waals surface area (Å²) < 4.78 is 18.7. The largest absolute Gasteiger partial charge is 0.381 e. The number of halogens is 1. The van der Waals surface area contributed by atoms with E-state index in [1.165, 1.54) is 6.07 Å². The zero-order chi connectivity index (χ0) is 14.1. The minimum atomic E-state index is -0.169. The summed E-state index contributed by atoms with van der Waals surface area (Å²) in [5, 5.41) is 3.45. The lowest BCUT2D eigenvalue weighted by Gasteiger charge is -2.17. The van der Waals surface area contributed by atoms with Crippen molar-refractivity contribution in [1.82, 2.24) is 5.32 Å². The van der Waals surface area contributed by atoms with Gasteiger partial charge in [0.1, 0.15) is 5.82 Å². The SMILES string of the molecule is CCC(NCCCOCC(C)C)c1cccc(F)c1. The standard InChI is InChI=1S/C16H26FNO/c1-4-16(14-7-5-8-15(17)11-14)18-9-6-10-19-12-13(2)3/h5,7-8,11,13,16,18H,4,6,9-10,12H2,1-3H3. The lowest BCUT2D eigenvalue weighted by atomic mass is 10.0. The lowest BCUT2D eigenvalue weighted by Crippen LogP contribution is -2.23. The van der Waals surface area contributed by atoms with Gasteiger partial charge in [0.2, 0.25) is 0 Å². The Bertz CT molecular complexity index is 354. The fourth-order valence-electron chi connectivity index (χ4n) is 1.99. The monoisotopic (exact) mass is 267 g/mol. The highest BCUT2D eigenvalue weighted by atomic mass is 19.1. The topological polar surface area (TPSA) is 21.3 Å². The second kappa shape index (κ2) is 9.05. The second-order valence-electron chi connectivity index (χ2n) is 5.29. The van der Waals surface area contributed by atoms with Gasteiger partial charge in [0.15, 0.2) is 0 Å². The van der Waals surface area contributed by atoms with E-state index >= 15 is 0 Å². The Labute approximate surface area is 116 Å². The predicted octanol–water partition coefficient (Wildman–Crippen LogP) is 3.93. The molecule has 0 aliphatic carbocycles. The molecule has 1 aromatic rings. The molecule has 1 N–H and O–H groups in total. The summed E-state index contributed by atoms with van der Waals surface area (Å²) in [6.45, 7) is 8.90. The van der Waals surface area contributed by atoms with Crippen molar-refractivity contribution >= 4 is 0 Å². The summed E-state index contributed by atoms with van der Waals surface area (Å²) in [6.07, 6.45) is 1.94. The van der Waals surface area contributed by atoms with Crippen LogP contribution in [0.1, 0.15) is 45.2 Å². The molecule has 1 aromatic carbocycles. The lowest BCUT2D eigenvalue weighted by molar-refractivity contribution is 0.107. The van der Waals surface area contributed by atoms with Gasteiger partial charge in [-0.1, -0.05) is 32.9 Å². The van der Waals surface area contributed by atoms with Crippen molar-refractivity contribution in [2.75, 3.05) is 19.8 Å². The molecule has 0 spiro atoms. The molecule has 3 heteroatoms. The van der Waals surface area contributed by atoms with Crippen LogP contribution in [0.15, 0.2) is 24.3 Å². The number of nitrogens with one attached hydrogen (secondary N) is 1. The molecule has 0 radical (unpaired) electrons. The Balaban J connectivity index is 2.26. The zero-order valence-electron chi connectivity index (χ0n) is 12.3. The number of hydrogen-bond acceptors (Lipinski definition) is 2. The van der Waals surface area contributed by atoms with Crippen molar-refractivity contribution < 1.29 is 9.13 Å². The third-order valence-electron chi connectivity index (χ3n) is 2.97. The molecule has 2 nitrogen and oxygen atoms in total. The van der Waals surface area contributed by atoms with Gasteiger partial charge in [-0.05, 0) is 43.0 Å². The van der Waals surface area contributed by atoms with Crippen LogP contribution in [0, 0.1) is 11.7 Å². The van der Waals surface area contributed by atoms with E-state index in [9.17, 15) is 4.39 Å². The molecule has 0 heterocycles. The summed E-state index contributed by atoms with van der Waals surface area (Å²) in [7, 11) is 0. The van der Waals surface area contributed by atoms with Crippen LogP contribution in [0.5, 0.6) is 0 Å². The quantitative estimate of drug-likeness (QED) is 0.684. The maximum atomic E-state index is 13.2. The maximum Gasteiger partial charge on any atom is 0.123 e. The van der Waals surface area contributed by atoms with E-state index in [0.717, 1.165) is 38.2 Å². The minimum absolute atomic E-state index is 0.169. The van der Waals surface area contributed by atoms with Crippen LogP contribution in [-0.4, -0.2) is 19.8 Å². The fraction of sp³-hybridized carbons (Fsp3) is 0.625. The molecule has 0 aromatic heterocycles. The summed E-state index contributed by atoms with van der Waals surface area (Å²) >= 11 is 0. The van der Waals surface area contributed by atoms with Gasteiger partial charge < -0.3 is 10.1 Å². The molecule has 19 heavy (non-hydrogen) atoms. The van der Waals surface area contributed by atoms with Crippen LogP contribution < -0.4 is 5.32 Å². The molecule has 1 rings (SSSR count). The van der Waals surface area contributed by atoms with Crippen LogP contribution >= 0.6 is 0 Å². The van der Waals surface area contributed by atoms with Crippen LogP contribution in [0.2, 0.25) is 0 Å². The van der Waals surface area contributed by atoms with E-state index in [0.29, 0.717) is 5.92 Å². The Morgan fingerprint density at radius 1 is 1.32 bits per heavy atom. The van der Waals surface area contributed by atoms with Gasteiger partial charge in [-0.25, -0.2) is 4.39 Å². The molecule has 0 fully saturated rings. The Hall–Kier alpha value is -0.930. The predicted molar refractivity (Wildman–Crippen MR) is 77.7 cm³/mol. The first-order valence-corrected chi connectivity index (χ1v) is 7.20. The number of benzene rings is 1. The molecule has 1 atom stereocenters. The van der Waals surface area contributed by atoms with Crippen molar-refractivity contribution in [2.45, 2.75) is 39.7 Å². The summed E-state index contributed by atoms with van der Waals surface area (Å²) in [5.74, 6) is 0.418. The maximum absolute atomic E-state index is 13.2. The van der Waals surface area contributed by atoms with Gasteiger partial charge >= 0.3 is 0 Å². The second-order valence-corrected chi connectivity index (χ2v) is 5.29. The average molecular weight is 267 g/mol. The van der Waals surface area contributed by atoms with Gasteiger partial charge in [0, 0.05) is 19.3 Å². The summed E-state index contributed by atoms with van der Waals surface area (Å²) in [6, 6.07) is 7.05. The highest BCUT2D eigenvalue weighted by molar-refractivity contribution is 5.19. The van der Waals surface area contributed by atoms with Gasteiger partial charge in [-0.3, -0.25) is 0 Å². The first kappa shape index (κ1) is 16.1. The van der Waals surface area contributed by atoms with Crippen molar-refractivity contribution in [3.8, 4) is 0 Å². The fourth-order valence-corrected chi connectivity index (χ4v) is 1.99. The number of rotatable bonds is 9. The van der Waals surface area contributed by atoms with E-state index in [2.05, 4.69) is 26.1 Å². The Morgan fingerprint density at radius 2 is 2.11 bits per heavy atom. The van der Waals surface area contributed by atoms with Gasteiger partial charge in [0.25, 0.3) is 0 Å². The number of ether oxygens (including phenoxy) is 1. The summed E-state index contributed by atoms with van der Waals surface area (Å²) in [5.41, 5.74) is 1.02. The van der Waals surface area contributed by atoms with E-state index in [1.54, 1.807) is 12.1 Å². The van der Waals surface area contributed by atoms with Crippen molar-refractivity contribution in [1.29, 1.82) is 0 Å². The molecule has 0 aliphatic heterocycles. The molecule has 1 unspecified atom stereocenters. The van der Waals surface area contributed by atoms with E-state index < -0.39 is 0 Å². The molecule has 108 valence electrons. The molecular weight excluding hydrogens is 241 g/mol. The highest BCUT2D eigenvalue weighted by Gasteiger charge is 2.08. The normalized spacial score (nSPS) is 12.9. The minimum Gasteiger partial charge on any atom is -0.381 e. The van der Waals surface area contributed by atoms with Gasteiger partial charge in [0.05, 0.1) is 0 Å². The van der Waals surface area contributed by atoms with E-state index in [-0.39, 0.29) is 11.9 Å². The van der Waals surface area contributed by atoms with Gasteiger partial charge in [-0.15, -0.1) is 0 Å². The third kappa shape index (κ3) is 6.69.